The molecule has 7 nitrogen and oxygen atoms in total. The Labute approximate surface area is 140 Å². The lowest BCUT2D eigenvalue weighted by atomic mass is 10.0. The van der Waals surface area contributed by atoms with E-state index in [4.69, 9.17) is 4.52 Å². The summed E-state index contributed by atoms with van der Waals surface area (Å²) in [5, 5.41) is 6.46. The molecule has 1 aromatic heterocycles. The summed E-state index contributed by atoms with van der Waals surface area (Å²) in [7, 11) is -3.90. The van der Waals surface area contributed by atoms with Gasteiger partial charge in [-0.15, -0.1) is 0 Å². The van der Waals surface area contributed by atoms with Crippen molar-refractivity contribution < 1.29 is 17.7 Å². The van der Waals surface area contributed by atoms with Crippen LogP contribution in [0.5, 0.6) is 0 Å². The van der Waals surface area contributed by atoms with Crippen LogP contribution in [0.2, 0.25) is 0 Å². The van der Waals surface area contributed by atoms with E-state index in [2.05, 4.69) is 10.5 Å². The summed E-state index contributed by atoms with van der Waals surface area (Å²) in [6, 6.07) is 6.37. The molecule has 1 fully saturated rings. The lowest BCUT2D eigenvalue weighted by Crippen LogP contribution is -2.52. The molecular weight excluding hydrogens is 330 g/mol. The standard InChI is InChI=1S/C16H19N3O4S/c1-10-4-6-13(7-5-10)14-16(20)17-8-9-19(14)24(21,22)15-11(2)18-23-12(15)3/h4-7,14H,8-9H2,1-3H3,(H,17,20). The van der Waals surface area contributed by atoms with Gasteiger partial charge in [0.05, 0.1) is 0 Å². The van der Waals surface area contributed by atoms with Crippen molar-refractivity contribution in [2.24, 2.45) is 0 Å². The lowest BCUT2D eigenvalue weighted by Gasteiger charge is -2.34. The van der Waals surface area contributed by atoms with Crippen molar-refractivity contribution in [1.29, 1.82) is 0 Å². The average molecular weight is 349 g/mol. The van der Waals surface area contributed by atoms with Crippen molar-refractivity contribution in [2.45, 2.75) is 31.7 Å². The quantitative estimate of drug-likeness (QED) is 0.906. The molecule has 8 heteroatoms. The van der Waals surface area contributed by atoms with E-state index < -0.39 is 16.1 Å². The molecule has 24 heavy (non-hydrogen) atoms. The number of rotatable bonds is 3. The van der Waals surface area contributed by atoms with Gasteiger partial charge in [-0.1, -0.05) is 35.0 Å². The van der Waals surface area contributed by atoms with Crippen molar-refractivity contribution in [3.05, 3.63) is 46.8 Å². The minimum atomic E-state index is -3.90. The maximum Gasteiger partial charge on any atom is 0.249 e. The molecule has 3 rings (SSSR count). The van der Waals surface area contributed by atoms with E-state index in [0.29, 0.717) is 11.3 Å². The summed E-state index contributed by atoms with van der Waals surface area (Å²) < 4.78 is 32.5. The van der Waals surface area contributed by atoms with Gasteiger partial charge in [-0.25, -0.2) is 8.42 Å². The number of benzene rings is 1. The zero-order chi connectivity index (χ0) is 17.5. The van der Waals surface area contributed by atoms with Gasteiger partial charge in [0.2, 0.25) is 15.9 Å². The number of nitrogens with one attached hydrogen (secondary N) is 1. The number of sulfonamides is 1. The summed E-state index contributed by atoms with van der Waals surface area (Å²) in [5.41, 5.74) is 1.96. The van der Waals surface area contributed by atoms with Gasteiger partial charge in [-0.2, -0.15) is 4.31 Å². The first-order chi connectivity index (χ1) is 11.3. The molecule has 0 radical (unpaired) electrons. The van der Waals surface area contributed by atoms with Gasteiger partial charge >= 0.3 is 0 Å². The zero-order valence-corrected chi connectivity index (χ0v) is 14.6. The molecule has 1 atom stereocenters. The number of piperazine rings is 1. The fourth-order valence-electron chi connectivity index (χ4n) is 2.93. The van der Waals surface area contributed by atoms with E-state index in [-0.39, 0.29) is 29.7 Å². The summed E-state index contributed by atoms with van der Waals surface area (Å²) in [6.45, 7) is 5.52. The fourth-order valence-corrected chi connectivity index (χ4v) is 4.80. The second kappa shape index (κ2) is 6.03. The summed E-state index contributed by atoms with van der Waals surface area (Å²) in [5.74, 6) is -0.110. The number of carbonyl (C=O) groups is 1. The maximum atomic E-state index is 13.1. The smallest absolute Gasteiger partial charge is 0.249 e. The minimum Gasteiger partial charge on any atom is -0.360 e. The first-order valence-corrected chi connectivity index (χ1v) is 9.05. The molecular formula is C16H19N3O4S. The molecule has 0 saturated carbocycles. The van der Waals surface area contributed by atoms with Gasteiger partial charge in [0.25, 0.3) is 0 Å². The Morgan fingerprint density at radius 3 is 2.46 bits per heavy atom. The molecule has 2 heterocycles. The Hall–Kier alpha value is -2.19. The normalized spacial score (nSPS) is 19.3. The molecule has 1 aliphatic rings. The summed E-state index contributed by atoms with van der Waals surface area (Å²) >= 11 is 0. The van der Waals surface area contributed by atoms with Gasteiger partial charge in [0.15, 0.2) is 5.76 Å². The molecule has 1 unspecified atom stereocenters. The van der Waals surface area contributed by atoms with E-state index in [0.717, 1.165) is 5.56 Å². The van der Waals surface area contributed by atoms with Crippen LogP contribution in [0.25, 0.3) is 0 Å². The Morgan fingerprint density at radius 1 is 1.21 bits per heavy atom. The molecule has 2 aromatic rings. The van der Waals surface area contributed by atoms with Crippen LogP contribution in [0.4, 0.5) is 0 Å². The average Bonchev–Trinajstić information content (AvgIpc) is 2.87. The second-order valence-electron chi connectivity index (χ2n) is 5.87. The topological polar surface area (TPSA) is 92.5 Å². The Balaban J connectivity index is 2.10. The number of carbonyl (C=O) groups excluding carboxylic acids is 1. The van der Waals surface area contributed by atoms with Crippen LogP contribution in [0, 0.1) is 20.8 Å². The first-order valence-electron chi connectivity index (χ1n) is 7.61. The van der Waals surface area contributed by atoms with Crippen LogP contribution in [0.1, 0.15) is 28.6 Å². The second-order valence-corrected chi connectivity index (χ2v) is 7.70. The van der Waals surface area contributed by atoms with E-state index in [9.17, 15) is 13.2 Å². The van der Waals surface area contributed by atoms with E-state index in [1.807, 2.05) is 19.1 Å². The van der Waals surface area contributed by atoms with Crippen molar-refractivity contribution in [3.63, 3.8) is 0 Å². The van der Waals surface area contributed by atoms with E-state index >= 15 is 0 Å². The van der Waals surface area contributed by atoms with Crippen LogP contribution in [0.3, 0.4) is 0 Å². The van der Waals surface area contributed by atoms with Gasteiger partial charge in [-0.05, 0) is 26.3 Å². The third kappa shape index (κ3) is 2.71. The number of nitrogens with zero attached hydrogens (tertiary/aromatic N) is 2. The molecule has 0 bridgehead atoms. The number of amides is 1. The summed E-state index contributed by atoms with van der Waals surface area (Å²) in [4.78, 5) is 12.5. The molecule has 0 aliphatic carbocycles. The van der Waals surface area contributed by atoms with Crippen molar-refractivity contribution >= 4 is 15.9 Å². The van der Waals surface area contributed by atoms with Crippen molar-refractivity contribution in [2.75, 3.05) is 13.1 Å². The maximum absolute atomic E-state index is 13.1. The third-order valence-electron chi connectivity index (χ3n) is 4.10. The van der Waals surface area contributed by atoms with Gasteiger partial charge in [0.1, 0.15) is 16.6 Å². The lowest BCUT2D eigenvalue weighted by molar-refractivity contribution is -0.126. The minimum absolute atomic E-state index is 0.0364. The SMILES string of the molecule is Cc1ccc(C2C(=O)NCCN2S(=O)(=O)c2c(C)noc2C)cc1. The molecule has 128 valence electrons. The van der Waals surface area contributed by atoms with Crippen LogP contribution in [-0.2, 0) is 14.8 Å². The predicted octanol–water partition coefficient (Wildman–Crippen LogP) is 1.46. The Kier molecular flexibility index (Phi) is 4.18. The zero-order valence-electron chi connectivity index (χ0n) is 13.7. The van der Waals surface area contributed by atoms with Crippen LogP contribution in [-0.4, -0.2) is 36.9 Å². The molecule has 1 aromatic carbocycles. The Morgan fingerprint density at radius 2 is 1.88 bits per heavy atom. The number of aryl methyl sites for hydroxylation is 3. The van der Waals surface area contributed by atoms with Crippen LogP contribution < -0.4 is 5.32 Å². The molecule has 1 amide bonds. The Bertz CT molecular complexity index is 852. The molecule has 1 aliphatic heterocycles. The highest BCUT2D eigenvalue weighted by molar-refractivity contribution is 7.89. The number of aromatic nitrogens is 1. The van der Waals surface area contributed by atoms with Crippen LogP contribution >= 0.6 is 0 Å². The van der Waals surface area contributed by atoms with E-state index in [1.54, 1.807) is 26.0 Å². The van der Waals surface area contributed by atoms with Gasteiger partial charge in [-0.3, -0.25) is 4.79 Å². The predicted molar refractivity (Wildman–Crippen MR) is 86.8 cm³/mol. The fraction of sp³-hybridized carbons (Fsp3) is 0.375. The number of hydrogen-bond donors (Lipinski definition) is 1. The van der Waals surface area contributed by atoms with Crippen molar-refractivity contribution in [1.82, 2.24) is 14.8 Å². The third-order valence-corrected chi connectivity index (χ3v) is 6.21. The highest BCUT2D eigenvalue weighted by Crippen LogP contribution is 2.32. The van der Waals surface area contributed by atoms with Crippen molar-refractivity contribution in [3.8, 4) is 0 Å². The van der Waals surface area contributed by atoms with Crippen LogP contribution in [0.15, 0.2) is 33.7 Å². The molecule has 0 spiro atoms. The molecule has 1 N–H and O–H groups in total. The first kappa shape index (κ1) is 16.7. The van der Waals surface area contributed by atoms with Gasteiger partial charge < -0.3 is 9.84 Å². The van der Waals surface area contributed by atoms with Gasteiger partial charge in [0, 0.05) is 13.1 Å². The number of hydrogen-bond acceptors (Lipinski definition) is 5. The highest BCUT2D eigenvalue weighted by Gasteiger charge is 2.41. The highest BCUT2D eigenvalue weighted by atomic mass is 32.2. The monoisotopic (exact) mass is 349 g/mol. The van der Waals surface area contributed by atoms with E-state index in [1.165, 1.54) is 4.31 Å². The largest absolute Gasteiger partial charge is 0.360 e. The molecule has 1 saturated heterocycles. The summed E-state index contributed by atoms with van der Waals surface area (Å²) in [6.07, 6.45) is 0.